The molecule has 0 aliphatic carbocycles. The number of carbonyl (C=O) groups excluding carboxylic acids is 4. The lowest BCUT2D eigenvalue weighted by Gasteiger charge is -2.24. The quantitative estimate of drug-likeness (QED) is 0.0467. The predicted octanol–water partition coefficient (Wildman–Crippen LogP) is -4.39. The third-order valence-electron chi connectivity index (χ3n) is 5.22. The summed E-state index contributed by atoms with van der Waals surface area (Å²) in [6.07, 6.45) is 1.38. The van der Waals surface area contributed by atoms with Crippen molar-refractivity contribution in [3.8, 4) is 0 Å². The van der Waals surface area contributed by atoms with Crippen molar-refractivity contribution >= 4 is 41.5 Å². The number of carbonyl (C=O) groups is 6. The van der Waals surface area contributed by atoms with Crippen LogP contribution in [0.4, 0.5) is 0 Å². The molecule has 0 aliphatic heterocycles. The van der Waals surface area contributed by atoms with Crippen molar-refractivity contribution < 1.29 is 39.0 Å². The number of guanidine groups is 1. The van der Waals surface area contributed by atoms with Crippen molar-refractivity contribution in [2.24, 2.45) is 27.9 Å². The van der Waals surface area contributed by atoms with Crippen LogP contribution in [0.2, 0.25) is 0 Å². The maximum atomic E-state index is 12.9. The van der Waals surface area contributed by atoms with Gasteiger partial charge in [0, 0.05) is 31.3 Å². The van der Waals surface area contributed by atoms with Gasteiger partial charge in [0.05, 0.1) is 18.8 Å². The largest absolute Gasteiger partial charge is 0.481 e. The lowest BCUT2D eigenvalue weighted by atomic mass is 10.1. The summed E-state index contributed by atoms with van der Waals surface area (Å²) in [6, 6.07) is -5.70. The van der Waals surface area contributed by atoms with Gasteiger partial charge >= 0.3 is 11.9 Å². The highest BCUT2D eigenvalue weighted by molar-refractivity contribution is 5.95. The van der Waals surface area contributed by atoms with Gasteiger partial charge in [-0.05, 0) is 19.3 Å². The summed E-state index contributed by atoms with van der Waals surface area (Å²) in [6.45, 7) is 0.100. The smallest absolute Gasteiger partial charge is 0.326 e. The van der Waals surface area contributed by atoms with Crippen molar-refractivity contribution in [1.82, 2.24) is 25.9 Å². The van der Waals surface area contributed by atoms with Crippen molar-refractivity contribution in [1.29, 1.82) is 0 Å². The first-order chi connectivity index (χ1) is 18.3. The second-order valence-electron chi connectivity index (χ2n) is 8.46. The highest BCUT2D eigenvalue weighted by atomic mass is 16.4. The topological polar surface area (TPSA) is 324 Å². The highest BCUT2D eigenvalue weighted by Crippen LogP contribution is 2.05. The van der Waals surface area contributed by atoms with E-state index in [2.05, 4.69) is 30.9 Å². The Hall–Kier alpha value is -4.74. The van der Waals surface area contributed by atoms with Crippen LogP contribution in [0.25, 0.3) is 0 Å². The number of primary amides is 1. The number of nitrogens with zero attached hydrogens (tertiary/aromatic N) is 2. The number of aliphatic carboxylic acids is 2. The Balaban J connectivity index is 2.96. The number of aliphatic imine (C=N–C) groups is 1. The van der Waals surface area contributed by atoms with Gasteiger partial charge < -0.3 is 54.1 Å². The fourth-order valence-corrected chi connectivity index (χ4v) is 3.25. The molecule has 39 heavy (non-hydrogen) atoms. The Bertz CT molecular complexity index is 1040. The van der Waals surface area contributed by atoms with Crippen LogP contribution in [-0.4, -0.2) is 92.4 Å². The Morgan fingerprint density at radius 1 is 0.923 bits per heavy atom. The normalized spacial score (nSPS) is 13.7. The lowest BCUT2D eigenvalue weighted by Crippen LogP contribution is -2.57. The number of aromatic nitrogens is 2. The van der Waals surface area contributed by atoms with Crippen LogP contribution in [0.5, 0.6) is 0 Å². The minimum absolute atomic E-state index is 0.0106. The summed E-state index contributed by atoms with van der Waals surface area (Å²) in [7, 11) is 0. The number of aromatic amines is 1. The molecule has 0 fully saturated rings. The SMILES string of the molecule is NC(=O)CCC(NC(=O)C(CC(=O)O)NC(=O)C(N)Cc1cnc[nH]1)C(=O)NC(CCCN=C(N)N)C(=O)O. The van der Waals surface area contributed by atoms with E-state index in [4.69, 9.17) is 22.9 Å². The number of imidazole rings is 1. The van der Waals surface area contributed by atoms with Crippen molar-refractivity contribution in [2.45, 2.75) is 62.7 Å². The molecule has 0 saturated carbocycles. The van der Waals surface area contributed by atoms with Gasteiger partial charge in [-0.15, -0.1) is 0 Å². The summed E-state index contributed by atoms with van der Waals surface area (Å²) < 4.78 is 0. The Morgan fingerprint density at radius 2 is 1.54 bits per heavy atom. The molecular weight excluding hydrogens is 520 g/mol. The van der Waals surface area contributed by atoms with Gasteiger partial charge in [-0.2, -0.15) is 0 Å². The number of rotatable bonds is 18. The van der Waals surface area contributed by atoms with Gasteiger partial charge in [0.25, 0.3) is 0 Å². The number of carboxylic acids is 2. The average molecular weight is 555 g/mol. The van der Waals surface area contributed by atoms with E-state index in [9.17, 15) is 39.0 Å². The number of nitrogens with two attached hydrogens (primary N) is 4. The molecule has 0 spiro atoms. The number of carboxylic acid groups (broad SMARTS) is 2. The third kappa shape index (κ3) is 12.9. The maximum Gasteiger partial charge on any atom is 0.326 e. The maximum absolute atomic E-state index is 12.9. The second-order valence-corrected chi connectivity index (χ2v) is 8.46. The molecule has 0 aromatic carbocycles. The summed E-state index contributed by atoms with van der Waals surface area (Å²) in [5.74, 6) is -6.73. The number of hydrogen-bond donors (Lipinski definition) is 10. The van der Waals surface area contributed by atoms with E-state index in [0.29, 0.717) is 5.69 Å². The molecule has 18 heteroatoms. The monoisotopic (exact) mass is 554 g/mol. The van der Waals surface area contributed by atoms with E-state index < -0.39 is 66.2 Å². The van der Waals surface area contributed by atoms with Gasteiger partial charge in [-0.3, -0.25) is 29.0 Å². The van der Waals surface area contributed by atoms with Gasteiger partial charge in [0.15, 0.2) is 5.96 Å². The van der Waals surface area contributed by atoms with Crippen molar-refractivity contribution in [3.05, 3.63) is 18.2 Å². The van der Waals surface area contributed by atoms with Crippen LogP contribution < -0.4 is 38.9 Å². The Labute approximate surface area is 222 Å². The zero-order valence-electron chi connectivity index (χ0n) is 21.0. The summed E-state index contributed by atoms with van der Waals surface area (Å²) >= 11 is 0. The standard InChI is InChI=1S/C21H34N10O8/c22-11(6-10-8-26-9-28-10)17(35)31-14(7-16(33)34)19(37)29-12(3-4-15(23)32)18(36)30-13(20(38)39)2-1-5-27-21(24)25/h8-9,11-14H,1-7,22H2,(H2,23,32)(H,26,28)(H,29,37)(H,30,36)(H,31,35)(H,33,34)(H,38,39)(H4,24,25,27). The second kappa shape index (κ2) is 16.2. The molecule has 4 amide bonds. The number of nitrogens with one attached hydrogen (secondary N) is 4. The Kier molecular flexibility index (Phi) is 13.4. The molecule has 0 radical (unpaired) electrons. The van der Waals surface area contributed by atoms with Gasteiger partial charge in [-0.1, -0.05) is 0 Å². The average Bonchev–Trinajstić information content (AvgIpc) is 3.35. The van der Waals surface area contributed by atoms with E-state index in [0.717, 1.165) is 0 Å². The minimum Gasteiger partial charge on any atom is -0.481 e. The van der Waals surface area contributed by atoms with Crippen LogP contribution >= 0.6 is 0 Å². The molecule has 0 bridgehead atoms. The zero-order valence-corrected chi connectivity index (χ0v) is 21.0. The van der Waals surface area contributed by atoms with E-state index in [1.54, 1.807) is 0 Å². The van der Waals surface area contributed by atoms with Crippen LogP contribution in [0.1, 0.15) is 37.8 Å². The van der Waals surface area contributed by atoms with E-state index in [1.807, 2.05) is 0 Å². The predicted molar refractivity (Wildman–Crippen MR) is 134 cm³/mol. The van der Waals surface area contributed by atoms with Gasteiger partial charge in [0.2, 0.25) is 23.6 Å². The third-order valence-corrected chi connectivity index (χ3v) is 5.22. The molecule has 1 heterocycles. The number of amides is 4. The number of hydrogen-bond acceptors (Lipinski definition) is 9. The Morgan fingerprint density at radius 3 is 2.08 bits per heavy atom. The van der Waals surface area contributed by atoms with E-state index in [-0.39, 0.29) is 44.6 Å². The molecule has 216 valence electrons. The first kappa shape index (κ1) is 32.3. The molecular formula is C21H34N10O8. The molecule has 4 atom stereocenters. The zero-order chi connectivity index (χ0) is 29.5. The fraction of sp³-hybridized carbons (Fsp3) is 0.524. The van der Waals surface area contributed by atoms with Crippen LogP contribution in [-0.2, 0) is 35.2 Å². The molecule has 0 aliphatic rings. The van der Waals surface area contributed by atoms with Gasteiger partial charge in [0.1, 0.15) is 18.1 Å². The van der Waals surface area contributed by atoms with Gasteiger partial charge in [-0.25, -0.2) is 9.78 Å². The van der Waals surface area contributed by atoms with Crippen LogP contribution in [0, 0.1) is 0 Å². The first-order valence-electron chi connectivity index (χ1n) is 11.7. The summed E-state index contributed by atoms with van der Waals surface area (Å²) in [5, 5.41) is 25.4. The molecule has 4 unspecified atom stereocenters. The van der Waals surface area contributed by atoms with E-state index in [1.165, 1.54) is 12.5 Å². The summed E-state index contributed by atoms with van der Waals surface area (Å²) in [4.78, 5) is 82.8. The first-order valence-corrected chi connectivity index (χ1v) is 11.7. The lowest BCUT2D eigenvalue weighted by molar-refractivity contribution is -0.143. The van der Waals surface area contributed by atoms with Crippen LogP contribution in [0.3, 0.4) is 0 Å². The molecule has 1 rings (SSSR count). The van der Waals surface area contributed by atoms with E-state index >= 15 is 0 Å². The molecule has 1 aromatic rings. The van der Waals surface area contributed by atoms with Crippen molar-refractivity contribution in [2.75, 3.05) is 6.54 Å². The molecule has 1 aromatic heterocycles. The minimum atomic E-state index is -1.65. The molecule has 14 N–H and O–H groups in total. The van der Waals surface area contributed by atoms with Crippen molar-refractivity contribution in [3.63, 3.8) is 0 Å². The molecule has 18 nitrogen and oxygen atoms in total. The number of H-pyrrole nitrogens is 1. The molecule has 0 saturated heterocycles. The summed E-state index contributed by atoms with van der Waals surface area (Å²) in [5.41, 5.74) is 21.9. The van der Waals surface area contributed by atoms with Crippen LogP contribution in [0.15, 0.2) is 17.5 Å². The highest BCUT2D eigenvalue weighted by Gasteiger charge is 2.31. The fourth-order valence-electron chi connectivity index (χ4n) is 3.25.